The quantitative estimate of drug-likeness (QED) is 0.594. The van der Waals surface area contributed by atoms with Crippen molar-refractivity contribution in [2.45, 2.75) is 27.3 Å². The van der Waals surface area contributed by atoms with Gasteiger partial charge in [0.05, 0.1) is 6.54 Å². The van der Waals surface area contributed by atoms with E-state index in [9.17, 15) is 0 Å². The molecule has 5 heteroatoms. The lowest BCUT2D eigenvalue weighted by molar-refractivity contribution is 0.357. The summed E-state index contributed by atoms with van der Waals surface area (Å²) in [7, 11) is 2.13. The molecule has 19 heavy (non-hydrogen) atoms. The van der Waals surface area contributed by atoms with Crippen LogP contribution in [0.1, 0.15) is 24.3 Å². The molecule has 0 aromatic carbocycles. The van der Waals surface area contributed by atoms with Gasteiger partial charge in [0.25, 0.3) is 0 Å². The van der Waals surface area contributed by atoms with Gasteiger partial charge in [-0.2, -0.15) is 0 Å². The molecule has 0 aliphatic rings. The summed E-state index contributed by atoms with van der Waals surface area (Å²) in [5, 5.41) is 8.77. The lowest BCUT2D eigenvalue weighted by Gasteiger charge is -2.16. The molecule has 0 aliphatic heterocycles. The van der Waals surface area contributed by atoms with E-state index in [-0.39, 0.29) is 0 Å². The zero-order valence-electron chi connectivity index (χ0n) is 12.5. The van der Waals surface area contributed by atoms with E-state index in [2.05, 4.69) is 59.8 Å². The van der Waals surface area contributed by atoms with E-state index >= 15 is 0 Å². The molecule has 0 aliphatic carbocycles. The van der Waals surface area contributed by atoms with Gasteiger partial charge in [0.1, 0.15) is 0 Å². The van der Waals surface area contributed by atoms with E-state index < -0.39 is 0 Å². The molecule has 1 rings (SSSR count). The van der Waals surface area contributed by atoms with Gasteiger partial charge in [0, 0.05) is 24.5 Å². The SMILES string of the molecule is CCNC(=NCc1sccc1C)NCCN(C)CC. The minimum Gasteiger partial charge on any atom is -0.357 e. The van der Waals surface area contributed by atoms with Crippen LogP contribution >= 0.6 is 11.3 Å². The fourth-order valence-electron chi connectivity index (χ4n) is 1.58. The predicted octanol–water partition coefficient (Wildman–Crippen LogP) is 2.06. The van der Waals surface area contributed by atoms with Crippen molar-refractivity contribution in [3.05, 3.63) is 21.9 Å². The van der Waals surface area contributed by atoms with Gasteiger partial charge in [-0.15, -0.1) is 11.3 Å². The largest absolute Gasteiger partial charge is 0.357 e. The van der Waals surface area contributed by atoms with Gasteiger partial charge in [-0.3, -0.25) is 0 Å². The zero-order chi connectivity index (χ0) is 14.1. The number of hydrogen-bond donors (Lipinski definition) is 2. The van der Waals surface area contributed by atoms with Crippen LogP contribution in [0.3, 0.4) is 0 Å². The van der Waals surface area contributed by atoms with E-state index in [4.69, 9.17) is 0 Å². The Bertz CT molecular complexity index is 387. The Morgan fingerprint density at radius 2 is 2.16 bits per heavy atom. The van der Waals surface area contributed by atoms with Gasteiger partial charge in [-0.05, 0) is 44.4 Å². The fourth-order valence-corrected chi connectivity index (χ4v) is 2.41. The molecule has 2 N–H and O–H groups in total. The number of nitrogens with zero attached hydrogens (tertiary/aromatic N) is 2. The number of aryl methyl sites for hydroxylation is 1. The fraction of sp³-hybridized carbons (Fsp3) is 0.643. The second kappa shape index (κ2) is 8.93. The first-order chi connectivity index (χ1) is 9.17. The average Bonchev–Trinajstić information content (AvgIpc) is 2.81. The van der Waals surface area contributed by atoms with Crippen LogP contribution in [0.2, 0.25) is 0 Å². The predicted molar refractivity (Wildman–Crippen MR) is 85.0 cm³/mol. The van der Waals surface area contributed by atoms with Crippen LogP contribution in [0.4, 0.5) is 0 Å². The molecule has 1 aromatic heterocycles. The van der Waals surface area contributed by atoms with Crippen molar-refractivity contribution >= 4 is 17.3 Å². The summed E-state index contributed by atoms with van der Waals surface area (Å²) >= 11 is 1.77. The molecule has 0 fully saturated rings. The van der Waals surface area contributed by atoms with E-state index in [1.807, 2.05) is 0 Å². The van der Waals surface area contributed by atoms with Gasteiger partial charge < -0.3 is 15.5 Å². The Balaban J connectivity index is 2.44. The molecule has 0 spiro atoms. The van der Waals surface area contributed by atoms with Crippen LogP contribution in [-0.2, 0) is 6.54 Å². The molecule has 0 atom stereocenters. The van der Waals surface area contributed by atoms with Crippen molar-refractivity contribution < 1.29 is 0 Å². The molecule has 0 radical (unpaired) electrons. The summed E-state index contributed by atoms with van der Waals surface area (Å²) in [5.41, 5.74) is 1.33. The molecule has 0 amide bonds. The third-order valence-electron chi connectivity index (χ3n) is 3.02. The van der Waals surface area contributed by atoms with E-state index in [0.29, 0.717) is 0 Å². The Morgan fingerprint density at radius 1 is 1.37 bits per heavy atom. The monoisotopic (exact) mass is 282 g/mol. The maximum atomic E-state index is 4.63. The summed E-state index contributed by atoms with van der Waals surface area (Å²) in [6.07, 6.45) is 0. The standard InChI is InChI=1S/C14H26N4S/c1-5-15-14(16-8-9-18(4)6-2)17-11-13-12(3)7-10-19-13/h7,10H,5-6,8-9,11H2,1-4H3,(H2,15,16,17). The highest BCUT2D eigenvalue weighted by Crippen LogP contribution is 2.16. The van der Waals surface area contributed by atoms with E-state index in [0.717, 1.165) is 38.7 Å². The van der Waals surface area contributed by atoms with Crippen molar-refractivity contribution in [2.24, 2.45) is 4.99 Å². The van der Waals surface area contributed by atoms with Gasteiger partial charge in [-0.25, -0.2) is 4.99 Å². The third-order valence-corrected chi connectivity index (χ3v) is 4.03. The first kappa shape index (κ1) is 16.0. The zero-order valence-corrected chi connectivity index (χ0v) is 13.3. The third kappa shape index (κ3) is 6.07. The number of guanidine groups is 1. The van der Waals surface area contributed by atoms with Crippen LogP contribution in [0.25, 0.3) is 0 Å². The minimum absolute atomic E-state index is 0.752. The summed E-state index contributed by atoms with van der Waals surface area (Å²) in [6.45, 7) is 11.0. The number of likely N-dealkylation sites (N-methyl/N-ethyl adjacent to an activating group) is 1. The van der Waals surface area contributed by atoms with Crippen LogP contribution in [0.15, 0.2) is 16.4 Å². The molecule has 0 saturated carbocycles. The second-order valence-electron chi connectivity index (χ2n) is 4.54. The van der Waals surface area contributed by atoms with Gasteiger partial charge >= 0.3 is 0 Å². The maximum Gasteiger partial charge on any atom is 0.191 e. The number of aliphatic imine (C=N–C) groups is 1. The molecular formula is C14H26N4S. The number of nitrogens with one attached hydrogen (secondary N) is 2. The van der Waals surface area contributed by atoms with E-state index in [1.54, 1.807) is 11.3 Å². The van der Waals surface area contributed by atoms with Crippen molar-refractivity contribution in [3.8, 4) is 0 Å². The van der Waals surface area contributed by atoms with Crippen molar-refractivity contribution in [3.63, 3.8) is 0 Å². The number of rotatable bonds is 7. The molecule has 1 aromatic rings. The Morgan fingerprint density at radius 3 is 2.74 bits per heavy atom. The summed E-state index contributed by atoms with van der Waals surface area (Å²) in [5.74, 6) is 0.903. The highest BCUT2D eigenvalue weighted by Gasteiger charge is 2.01. The molecular weight excluding hydrogens is 256 g/mol. The second-order valence-corrected chi connectivity index (χ2v) is 5.55. The summed E-state index contributed by atoms with van der Waals surface area (Å²) in [6, 6.07) is 2.14. The first-order valence-corrected chi connectivity index (χ1v) is 7.79. The lowest BCUT2D eigenvalue weighted by Crippen LogP contribution is -2.40. The van der Waals surface area contributed by atoms with Crippen molar-refractivity contribution in [1.29, 1.82) is 0 Å². The Hall–Kier alpha value is -1.07. The molecule has 1 heterocycles. The van der Waals surface area contributed by atoms with Gasteiger partial charge in [0.15, 0.2) is 5.96 Å². The highest BCUT2D eigenvalue weighted by atomic mass is 32.1. The van der Waals surface area contributed by atoms with Crippen LogP contribution in [0.5, 0.6) is 0 Å². The van der Waals surface area contributed by atoms with Gasteiger partial charge in [-0.1, -0.05) is 6.92 Å². The molecule has 0 bridgehead atoms. The molecule has 108 valence electrons. The normalized spacial score (nSPS) is 11.9. The number of thiophene rings is 1. The molecule has 4 nitrogen and oxygen atoms in total. The number of hydrogen-bond acceptors (Lipinski definition) is 3. The van der Waals surface area contributed by atoms with Gasteiger partial charge in [0.2, 0.25) is 0 Å². The lowest BCUT2D eigenvalue weighted by atomic mass is 10.3. The molecule has 0 saturated heterocycles. The first-order valence-electron chi connectivity index (χ1n) is 6.91. The average molecular weight is 282 g/mol. The van der Waals surface area contributed by atoms with Crippen LogP contribution < -0.4 is 10.6 Å². The van der Waals surface area contributed by atoms with E-state index in [1.165, 1.54) is 10.4 Å². The van der Waals surface area contributed by atoms with Crippen LogP contribution in [-0.4, -0.2) is 44.1 Å². The Labute approximate surface area is 120 Å². The maximum absolute atomic E-state index is 4.63. The van der Waals surface area contributed by atoms with Crippen LogP contribution in [0, 0.1) is 6.92 Å². The minimum atomic E-state index is 0.752. The summed E-state index contributed by atoms with van der Waals surface area (Å²) in [4.78, 5) is 8.24. The highest BCUT2D eigenvalue weighted by molar-refractivity contribution is 7.10. The smallest absolute Gasteiger partial charge is 0.191 e. The van der Waals surface area contributed by atoms with Crippen molar-refractivity contribution in [1.82, 2.24) is 15.5 Å². The summed E-state index contributed by atoms with van der Waals surface area (Å²) < 4.78 is 0. The Kier molecular flexibility index (Phi) is 7.52. The topological polar surface area (TPSA) is 39.7 Å². The van der Waals surface area contributed by atoms with Crippen molar-refractivity contribution in [2.75, 3.05) is 33.2 Å². The molecule has 0 unspecified atom stereocenters.